The van der Waals surface area contributed by atoms with E-state index in [4.69, 9.17) is 0 Å². The molecule has 0 saturated carbocycles. The first-order valence-electron chi connectivity index (χ1n) is 9.04. The van der Waals surface area contributed by atoms with Crippen LogP contribution in [0.3, 0.4) is 0 Å². The van der Waals surface area contributed by atoms with Crippen LogP contribution in [0.1, 0.15) is 97.3 Å². The molecule has 1 N–H and O–H groups in total. The molecule has 2 unspecified atom stereocenters. The van der Waals surface area contributed by atoms with E-state index in [1.54, 1.807) is 0 Å². The minimum Gasteiger partial charge on any atom is -0.748 e. The Labute approximate surface area is 165 Å². The third-order valence-electron chi connectivity index (χ3n) is 4.21. The van der Waals surface area contributed by atoms with Crippen molar-refractivity contribution in [1.29, 1.82) is 0 Å². The zero-order valence-electron chi connectivity index (χ0n) is 15.4. The van der Waals surface area contributed by atoms with E-state index < -0.39 is 21.5 Å². The fourth-order valence-corrected chi connectivity index (χ4v) is 3.67. The van der Waals surface area contributed by atoms with E-state index >= 15 is 0 Å². The normalized spacial score (nSPS) is 14.3. The van der Waals surface area contributed by atoms with Crippen molar-refractivity contribution in [3.63, 3.8) is 0 Å². The van der Waals surface area contributed by atoms with Crippen molar-refractivity contribution in [3.8, 4) is 0 Å². The first kappa shape index (κ1) is 26.1. The van der Waals surface area contributed by atoms with Gasteiger partial charge < -0.3 is 9.66 Å². The van der Waals surface area contributed by atoms with E-state index in [0.29, 0.717) is 12.8 Å². The second kappa shape index (κ2) is 16.3. The van der Waals surface area contributed by atoms with E-state index in [-0.39, 0.29) is 36.0 Å². The van der Waals surface area contributed by atoms with Gasteiger partial charge in [0.1, 0.15) is 0 Å². The van der Waals surface area contributed by atoms with Gasteiger partial charge in [-0.25, -0.2) is 8.42 Å². The Morgan fingerprint density at radius 2 is 1.26 bits per heavy atom. The summed E-state index contributed by atoms with van der Waals surface area (Å²) < 4.78 is 33.9. The molecule has 134 valence electrons. The Bertz CT molecular complexity index is 347. The molecule has 0 aliphatic carbocycles. The summed E-state index contributed by atoms with van der Waals surface area (Å²) in [4.78, 5) is 0. The molecule has 0 aromatic heterocycles. The number of aliphatic hydroxyl groups is 1. The quantitative estimate of drug-likeness (QED) is 0.272. The molecule has 0 aromatic rings. The molecule has 4 nitrogen and oxygen atoms in total. The second-order valence-corrected chi connectivity index (χ2v) is 8.06. The maximum absolute atomic E-state index is 11.3. The molecule has 0 rings (SSSR count). The van der Waals surface area contributed by atoms with E-state index in [0.717, 1.165) is 38.5 Å². The summed E-state index contributed by atoms with van der Waals surface area (Å²) in [5.74, 6) is 0. The molecule has 2 atom stereocenters. The third kappa shape index (κ3) is 16.1. The van der Waals surface area contributed by atoms with Gasteiger partial charge >= 0.3 is 29.6 Å². The average Bonchev–Trinajstić information content (AvgIpc) is 2.45. The van der Waals surface area contributed by atoms with Gasteiger partial charge in [0.05, 0.1) is 21.5 Å². The number of unbranched alkanes of at least 4 members (excludes halogenated alkanes) is 8. The van der Waals surface area contributed by atoms with Crippen molar-refractivity contribution in [3.05, 3.63) is 0 Å². The fourth-order valence-electron chi connectivity index (χ4n) is 2.76. The van der Waals surface area contributed by atoms with E-state index in [9.17, 15) is 18.1 Å². The molecule has 0 spiro atoms. The summed E-state index contributed by atoms with van der Waals surface area (Å²) in [5, 5.41) is 9.07. The first-order valence-corrected chi connectivity index (χ1v) is 10.5. The van der Waals surface area contributed by atoms with Gasteiger partial charge in [-0.05, 0) is 19.3 Å². The van der Waals surface area contributed by atoms with Gasteiger partial charge in [0.25, 0.3) is 0 Å². The molecule has 0 fully saturated rings. The Morgan fingerprint density at radius 1 is 0.826 bits per heavy atom. The van der Waals surface area contributed by atoms with E-state index in [1.165, 1.54) is 25.7 Å². The summed E-state index contributed by atoms with van der Waals surface area (Å²) >= 11 is 0. The molecule has 0 aromatic carbocycles. The van der Waals surface area contributed by atoms with Crippen LogP contribution in [-0.2, 0) is 10.1 Å². The van der Waals surface area contributed by atoms with Crippen LogP contribution in [0.15, 0.2) is 0 Å². The predicted molar refractivity (Wildman–Crippen MR) is 90.9 cm³/mol. The average molecular weight is 359 g/mol. The standard InChI is InChI=1S/C17H36O4S.Na/c1-3-5-7-9-10-11-13-16(18)15-17(22(19,20)21)14-12-8-6-4-2;/h16-18H,3-15H2,1-2H3,(H,19,20,21);/q;+1/p-1. The summed E-state index contributed by atoms with van der Waals surface area (Å²) in [6.07, 6.45) is 11.1. The molecule has 0 bridgehead atoms. The largest absolute Gasteiger partial charge is 1.00 e. The summed E-state index contributed by atoms with van der Waals surface area (Å²) in [6.45, 7) is 4.26. The van der Waals surface area contributed by atoms with Crippen molar-refractivity contribution in [1.82, 2.24) is 0 Å². The molecule has 0 aliphatic heterocycles. The molecule has 0 aliphatic rings. The van der Waals surface area contributed by atoms with Crippen LogP contribution in [0.2, 0.25) is 0 Å². The molecule has 6 heteroatoms. The summed E-state index contributed by atoms with van der Waals surface area (Å²) in [6, 6.07) is 0. The summed E-state index contributed by atoms with van der Waals surface area (Å²) in [5.41, 5.74) is 0. The zero-order chi connectivity index (χ0) is 16.8. The number of hydrogen-bond acceptors (Lipinski definition) is 4. The van der Waals surface area contributed by atoms with Crippen molar-refractivity contribution >= 4 is 10.1 Å². The van der Waals surface area contributed by atoms with Gasteiger partial charge in [-0.2, -0.15) is 0 Å². The monoisotopic (exact) mass is 358 g/mol. The topological polar surface area (TPSA) is 77.4 Å². The van der Waals surface area contributed by atoms with Crippen LogP contribution >= 0.6 is 0 Å². The van der Waals surface area contributed by atoms with Gasteiger partial charge in [-0.1, -0.05) is 78.1 Å². The molecule has 0 radical (unpaired) electrons. The molecule has 0 saturated heterocycles. The second-order valence-electron chi connectivity index (χ2n) is 6.41. The van der Waals surface area contributed by atoms with Gasteiger partial charge in [-0.3, -0.25) is 0 Å². The molecular formula is C17H35NaO4S. The van der Waals surface area contributed by atoms with Gasteiger partial charge in [0.2, 0.25) is 0 Å². The van der Waals surface area contributed by atoms with Crippen LogP contribution in [0.25, 0.3) is 0 Å². The van der Waals surface area contributed by atoms with Crippen LogP contribution in [0, 0.1) is 0 Å². The third-order valence-corrected chi connectivity index (χ3v) is 5.46. The van der Waals surface area contributed by atoms with Crippen LogP contribution < -0.4 is 29.6 Å². The SMILES string of the molecule is CCCCCCCCC(O)CC(CCCCCC)S(=O)(=O)[O-].[Na+]. The van der Waals surface area contributed by atoms with Gasteiger partial charge in [-0.15, -0.1) is 0 Å². The Balaban J connectivity index is 0. The molecule has 0 heterocycles. The summed E-state index contributed by atoms with van der Waals surface area (Å²) in [7, 11) is -4.30. The van der Waals surface area contributed by atoms with Crippen molar-refractivity contribution < 1.29 is 47.6 Å². The number of rotatable bonds is 15. The Morgan fingerprint density at radius 3 is 1.78 bits per heavy atom. The number of aliphatic hydroxyl groups excluding tert-OH is 1. The smallest absolute Gasteiger partial charge is 0.748 e. The van der Waals surface area contributed by atoms with E-state index in [1.807, 2.05) is 0 Å². The maximum Gasteiger partial charge on any atom is 1.00 e. The maximum atomic E-state index is 11.3. The Kier molecular flexibility index (Phi) is 18.5. The van der Waals surface area contributed by atoms with Crippen molar-refractivity contribution in [2.75, 3.05) is 0 Å². The molecular weight excluding hydrogens is 323 g/mol. The minimum absolute atomic E-state index is 0. The van der Waals surface area contributed by atoms with Crippen LogP contribution in [0.4, 0.5) is 0 Å². The first-order chi connectivity index (χ1) is 10.4. The van der Waals surface area contributed by atoms with Crippen LogP contribution in [-0.4, -0.2) is 29.4 Å². The van der Waals surface area contributed by atoms with Gasteiger partial charge in [0, 0.05) is 0 Å². The molecule has 0 amide bonds. The predicted octanol–water partition coefficient (Wildman–Crippen LogP) is 1.38. The number of hydrogen-bond donors (Lipinski definition) is 1. The fraction of sp³-hybridized carbons (Fsp3) is 1.00. The van der Waals surface area contributed by atoms with Crippen molar-refractivity contribution in [2.24, 2.45) is 0 Å². The van der Waals surface area contributed by atoms with Crippen LogP contribution in [0.5, 0.6) is 0 Å². The van der Waals surface area contributed by atoms with Crippen molar-refractivity contribution in [2.45, 2.75) is 109 Å². The van der Waals surface area contributed by atoms with E-state index in [2.05, 4.69) is 13.8 Å². The molecule has 23 heavy (non-hydrogen) atoms. The Hall–Kier alpha value is 0.870. The zero-order valence-corrected chi connectivity index (χ0v) is 18.2. The minimum atomic E-state index is -4.30. The van der Waals surface area contributed by atoms with Gasteiger partial charge in [0.15, 0.2) is 0 Å².